The van der Waals surface area contributed by atoms with Crippen molar-refractivity contribution in [2.75, 3.05) is 11.0 Å². The zero-order valence-corrected chi connectivity index (χ0v) is 16.1. The van der Waals surface area contributed by atoms with Crippen LogP contribution >= 0.6 is 11.6 Å². The van der Waals surface area contributed by atoms with Gasteiger partial charge in [0, 0.05) is 19.5 Å². The van der Waals surface area contributed by atoms with Crippen molar-refractivity contribution >= 4 is 48.3 Å². The van der Waals surface area contributed by atoms with Crippen LogP contribution in [0.3, 0.4) is 0 Å². The number of hydrogen-bond acceptors (Lipinski definition) is 7. The molecule has 0 atom stereocenters. The Morgan fingerprint density at radius 2 is 1.69 bits per heavy atom. The number of halogens is 1. The molecular formula is C14H14ClN5O4S2. The Bertz CT molecular complexity index is 1210. The summed E-state index contributed by atoms with van der Waals surface area (Å²) in [7, 11) is -5.98. The van der Waals surface area contributed by atoms with E-state index in [2.05, 4.69) is 19.7 Å². The third-order valence-corrected chi connectivity index (χ3v) is 5.63. The van der Waals surface area contributed by atoms with E-state index in [9.17, 15) is 16.8 Å². The molecular weight excluding hydrogens is 402 g/mol. The van der Waals surface area contributed by atoms with Gasteiger partial charge >= 0.3 is 0 Å². The zero-order valence-electron chi connectivity index (χ0n) is 13.7. The van der Waals surface area contributed by atoms with E-state index in [0.29, 0.717) is 11.0 Å². The fourth-order valence-electron chi connectivity index (χ4n) is 2.20. The first-order valence-electron chi connectivity index (χ1n) is 7.20. The molecule has 0 aliphatic rings. The molecule has 0 unspecified atom stereocenters. The minimum atomic E-state index is -4.13. The van der Waals surface area contributed by atoms with Crippen LogP contribution in [0.2, 0.25) is 5.15 Å². The van der Waals surface area contributed by atoms with Gasteiger partial charge in [-0.1, -0.05) is 23.7 Å². The first-order valence-corrected chi connectivity index (χ1v) is 11.1. The number of aryl methyl sites for hydroxylation is 1. The lowest BCUT2D eigenvalue weighted by Gasteiger charge is -2.07. The van der Waals surface area contributed by atoms with E-state index in [1.165, 1.54) is 17.8 Å². The van der Waals surface area contributed by atoms with Crippen molar-refractivity contribution in [3.63, 3.8) is 0 Å². The van der Waals surface area contributed by atoms with Crippen LogP contribution in [-0.2, 0) is 32.7 Å². The molecule has 0 aliphatic carbocycles. The second-order valence-corrected chi connectivity index (χ2v) is 9.76. The van der Waals surface area contributed by atoms with Crippen LogP contribution in [0.25, 0.3) is 11.0 Å². The minimum Gasteiger partial charge on any atom is -0.336 e. The highest BCUT2D eigenvalue weighted by atomic mass is 35.5. The van der Waals surface area contributed by atoms with E-state index in [0.717, 1.165) is 6.26 Å². The van der Waals surface area contributed by atoms with Crippen LogP contribution in [0.5, 0.6) is 0 Å². The molecule has 3 aromatic rings. The molecule has 26 heavy (non-hydrogen) atoms. The Morgan fingerprint density at radius 1 is 1.08 bits per heavy atom. The maximum atomic E-state index is 12.6. The normalized spacial score (nSPS) is 12.4. The quantitative estimate of drug-likeness (QED) is 0.667. The van der Waals surface area contributed by atoms with Crippen LogP contribution in [0, 0.1) is 0 Å². The highest BCUT2D eigenvalue weighted by Gasteiger charge is 2.23. The monoisotopic (exact) mass is 415 g/mol. The Labute approximate surface area is 155 Å². The Kier molecular flexibility index (Phi) is 4.63. The number of sulfone groups is 1. The smallest absolute Gasteiger partial charge is 0.282 e. The average Bonchev–Trinajstić information content (AvgIpc) is 2.88. The molecule has 2 aromatic heterocycles. The average molecular weight is 416 g/mol. The SMILES string of the molecule is Cn1cc(S(=O)(=O)Nc2nc3ccccc3nc2Cl)nc1CS(C)(=O)=O. The lowest BCUT2D eigenvalue weighted by Crippen LogP contribution is -2.15. The van der Waals surface area contributed by atoms with Crippen molar-refractivity contribution in [3.8, 4) is 0 Å². The van der Waals surface area contributed by atoms with Crippen molar-refractivity contribution in [2.45, 2.75) is 10.8 Å². The molecule has 0 amide bonds. The van der Waals surface area contributed by atoms with Gasteiger partial charge in [-0.05, 0) is 12.1 Å². The number of nitrogens with one attached hydrogen (secondary N) is 1. The molecule has 0 fully saturated rings. The number of fused-ring (bicyclic) bond motifs is 1. The largest absolute Gasteiger partial charge is 0.336 e. The van der Waals surface area contributed by atoms with Gasteiger partial charge in [0.05, 0.1) is 11.0 Å². The summed E-state index contributed by atoms with van der Waals surface area (Å²) in [5.41, 5.74) is 0.988. The number of benzene rings is 1. The molecule has 12 heteroatoms. The predicted molar refractivity (Wildman–Crippen MR) is 97.1 cm³/mol. The zero-order chi connectivity index (χ0) is 19.1. The van der Waals surface area contributed by atoms with Gasteiger partial charge < -0.3 is 4.57 Å². The Balaban J connectivity index is 1.97. The molecule has 0 spiro atoms. The third-order valence-electron chi connectivity index (χ3n) is 3.38. The maximum Gasteiger partial charge on any atom is 0.282 e. The molecule has 138 valence electrons. The second kappa shape index (κ2) is 6.49. The molecule has 9 nitrogen and oxygen atoms in total. The van der Waals surface area contributed by atoms with Crippen LogP contribution in [0.4, 0.5) is 5.82 Å². The van der Waals surface area contributed by atoms with Gasteiger partial charge in [0.15, 0.2) is 25.8 Å². The van der Waals surface area contributed by atoms with Gasteiger partial charge in [0.25, 0.3) is 10.0 Å². The first kappa shape index (κ1) is 18.5. The number of nitrogens with zero attached hydrogens (tertiary/aromatic N) is 4. The number of anilines is 1. The van der Waals surface area contributed by atoms with Crippen LogP contribution in [0.1, 0.15) is 5.82 Å². The standard InChI is InChI=1S/C14H14ClN5O4S2/c1-20-7-12(18-11(20)8-25(2,21)22)26(23,24)19-14-13(15)16-9-5-3-4-6-10(9)17-14/h3-7H,8H2,1-2H3,(H,17,19). The van der Waals surface area contributed by atoms with Crippen molar-refractivity contribution in [2.24, 2.45) is 7.05 Å². The summed E-state index contributed by atoms with van der Waals surface area (Å²) in [5.74, 6) is -0.417. The van der Waals surface area contributed by atoms with Crippen LogP contribution in [-0.4, -0.2) is 42.6 Å². The molecule has 0 saturated heterocycles. The predicted octanol–water partition coefficient (Wildman–Crippen LogP) is 1.36. The van der Waals surface area contributed by atoms with Gasteiger partial charge in [-0.25, -0.2) is 23.4 Å². The Morgan fingerprint density at radius 3 is 2.31 bits per heavy atom. The summed E-state index contributed by atoms with van der Waals surface area (Å²) in [6, 6.07) is 6.86. The number of aromatic nitrogens is 4. The van der Waals surface area contributed by atoms with Gasteiger partial charge in [-0.15, -0.1) is 0 Å². The molecule has 1 N–H and O–H groups in total. The van der Waals surface area contributed by atoms with E-state index in [4.69, 9.17) is 11.6 Å². The number of sulfonamides is 1. The van der Waals surface area contributed by atoms with Crippen molar-refractivity contribution in [3.05, 3.63) is 41.4 Å². The summed E-state index contributed by atoms with van der Waals surface area (Å²) in [6.45, 7) is 0. The summed E-state index contributed by atoms with van der Waals surface area (Å²) in [4.78, 5) is 12.2. The molecule has 0 saturated carbocycles. The third kappa shape index (κ3) is 3.94. The fraction of sp³-hybridized carbons (Fsp3) is 0.214. The number of hydrogen-bond donors (Lipinski definition) is 1. The van der Waals surface area contributed by atoms with E-state index >= 15 is 0 Å². The van der Waals surface area contributed by atoms with Crippen molar-refractivity contribution < 1.29 is 16.8 Å². The lowest BCUT2D eigenvalue weighted by molar-refractivity contribution is 0.594. The topological polar surface area (TPSA) is 124 Å². The van der Waals surface area contributed by atoms with Crippen molar-refractivity contribution in [1.82, 2.24) is 19.5 Å². The molecule has 0 bridgehead atoms. The second-order valence-electron chi connectivity index (χ2n) is 5.63. The lowest BCUT2D eigenvalue weighted by atomic mass is 10.3. The van der Waals surface area contributed by atoms with E-state index < -0.39 is 19.9 Å². The summed E-state index contributed by atoms with van der Waals surface area (Å²) in [6.07, 6.45) is 2.25. The number of rotatable bonds is 5. The molecule has 0 radical (unpaired) electrons. The van der Waals surface area contributed by atoms with Crippen molar-refractivity contribution in [1.29, 1.82) is 0 Å². The first-order chi connectivity index (χ1) is 12.0. The van der Waals surface area contributed by atoms with Gasteiger partial charge in [0.1, 0.15) is 11.6 Å². The minimum absolute atomic E-state index is 0.101. The highest BCUT2D eigenvalue weighted by molar-refractivity contribution is 7.92. The van der Waals surface area contributed by atoms with E-state index in [1.807, 2.05) is 0 Å². The molecule has 0 aliphatic heterocycles. The molecule has 3 rings (SSSR count). The van der Waals surface area contributed by atoms with Crippen LogP contribution < -0.4 is 4.72 Å². The van der Waals surface area contributed by atoms with Gasteiger partial charge in [0.2, 0.25) is 0 Å². The molecule has 1 aromatic carbocycles. The van der Waals surface area contributed by atoms with E-state index in [1.54, 1.807) is 24.3 Å². The van der Waals surface area contributed by atoms with E-state index in [-0.39, 0.29) is 27.6 Å². The highest BCUT2D eigenvalue weighted by Crippen LogP contribution is 2.23. The summed E-state index contributed by atoms with van der Waals surface area (Å²) < 4.78 is 51.5. The summed E-state index contributed by atoms with van der Waals surface area (Å²) in [5, 5.41) is -0.454. The molecule has 2 heterocycles. The van der Waals surface area contributed by atoms with Gasteiger partial charge in [-0.3, -0.25) is 4.72 Å². The van der Waals surface area contributed by atoms with Crippen LogP contribution in [0.15, 0.2) is 35.5 Å². The maximum absolute atomic E-state index is 12.6. The number of imidazole rings is 1. The van der Waals surface area contributed by atoms with Gasteiger partial charge in [-0.2, -0.15) is 8.42 Å². The number of para-hydroxylation sites is 2. The fourth-order valence-corrected chi connectivity index (χ4v) is 4.19. The Hall–Kier alpha value is -2.24. The summed E-state index contributed by atoms with van der Waals surface area (Å²) >= 11 is 6.01.